The summed E-state index contributed by atoms with van der Waals surface area (Å²) >= 11 is 0. The maximum absolute atomic E-state index is 11.8. The van der Waals surface area contributed by atoms with Crippen molar-refractivity contribution < 1.29 is 27.5 Å². The van der Waals surface area contributed by atoms with Crippen molar-refractivity contribution in [2.45, 2.75) is 26.0 Å². The third-order valence-corrected chi connectivity index (χ3v) is 6.23. The monoisotopic (exact) mass is 444 g/mol. The number of aromatic amines is 1. The number of carbonyl (C=O) groups is 2. The van der Waals surface area contributed by atoms with Gasteiger partial charge in [0.25, 0.3) is 0 Å². The number of hydrogen-bond donors (Lipinski definition) is 2. The molecule has 2 aromatic carbocycles. The lowest BCUT2D eigenvalue weighted by atomic mass is 10.1. The number of benzene rings is 2. The number of sulfonamides is 1. The van der Waals surface area contributed by atoms with Gasteiger partial charge >= 0.3 is 5.97 Å². The molecule has 164 valence electrons. The molecule has 3 aromatic rings. The molecule has 2 N–H and O–H groups in total. The van der Waals surface area contributed by atoms with Crippen molar-refractivity contribution in [3.05, 3.63) is 65.4 Å². The fraction of sp³-hybridized carbons (Fsp3) is 0.273. The van der Waals surface area contributed by atoms with E-state index in [0.29, 0.717) is 17.6 Å². The summed E-state index contributed by atoms with van der Waals surface area (Å²) in [7, 11) is -2.16. The first-order valence-corrected chi connectivity index (χ1v) is 11.4. The van der Waals surface area contributed by atoms with E-state index in [-0.39, 0.29) is 18.8 Å². The van der Waals surface area contributed by atoms with Gasteiger partial charge in [-0.05, 0) is 54.8 Å². The van der Waals surface area contributed by atoms with Crippen LogP contribution in [0.15, 0.2) is 48.7 Å². The Morgan fingerprint density at radius 2 is 2.03 bits per heavy atom. The van der Waals surface area contributed by atoms with Crippen molar-refractivity contribution in [1.29, 1.82) is 0 Å². The normalized spacial score (nSPS) is 12.5. The Morgan fingerprint density at radius 3 is 2.74 bits per heavy atom. The van der Waals surface area contributed by atoms with Gasteiger partial charge < -0.3 is 19.3 Å². The zero-order valence-electron chi connectivity index (χ0n) is 17.3. The molecule has 31 heavy (non-hydrogen) atoms. The number of rotatable bonds is 10. The van der Waals surface area contributed by atoms with Crippen LogP contribution in [-0.2, 0) is 32.6 Å². The lowest BCUT2D eigenvalue weighted by molar-refractivity contribution is -0.109. The molecule has 8 nitrogen and oxygen atoms in total. The van der Waals surface area contributed by atoms with Gasteiger partial charge in [-0.15, -0.1) is 0 Å². The number of H-pyrrole nitrogens is 1. The van der Waals surface area contributed by atoms with Crippen LogP contribution in [0.2, 0.25) is 0 Å². The van der Waals surface area contributed by atoms with Crippen LogP contribution >= 0.6 is 0 Å². The fourth-order valence-corrected chi connectivity index (χ4v) is 3.92. The number of fused-ring (bicyclic) bond motifs is 1. The molecule has 1 aromatic heterocycles. The van der Waals surface area contributed by atoms with Crippen molar-refractivity contribution in [2.75, 3.05) is 12.9 Å². The summed E-state index contributed by atoms with van der Waals surface area (Å²) in [6.07, 6.45) is 2.57. The number of hydrogen-bond acceptors (Lipinski definition) is 6. The zero-order chi connectivity index (χ0) is 22.4. The molecular formula is C22H24N2O6S. The number of carbonyl (C=O) groups excluding carboxylic acids is 2. The maximum Gasteiger partial charge on any atom is 0.337 e. The molecule has 0 aliphatic heterocycles. The smallest absolute Gasteiger partial charge is 0.337 e. The molecule has 0 amide bonds. The quantitative estimate of drug-likeness (QED) is 0.367. The number of ether oxygens (including phenoxy) is 2. The number of aromatic nitrogens is 1. The fourth-order valence-electron chi connectivity index (χ4n) is 3.16. The van der Waals surface area contributed by atoms with E-state index >= 15 is 0 Å². The second-order valence-corrected chi connectivity index (χ2v) is 9.01. The average molecular weight is 445 g/mol. The molecule has 0 saturated carbocycles. The molecule has 0 bridgehead atoms. The predicted molar refractivity (Wildman–Crippen MR) is 117 cm³/mol. The molecule has 0 fully saturated rings. The highest BCUT2D eigenvalue weighted by Gasteiger charge is 2.18. The second kappa shape index (κ2) is 9.76. The van der Waals surface area contributed by atoms with Crippen LogP contribution in [0.5, 0.6) is 5.75 Å². The summed E-state index contributed by atoms with van der Waals surface area (Å²) < 4.78 is 36.6. The minimum atomic E-state index is -3.50. The largest absolute Gasteiger partial charge is 0.489 e. The first kappa shape index (κ1) is 22.5. The van der Waals surface area contributed by atoms with E-state index in [9.17, 15) is 18.0 Å². The summed E-state index contributed by atoms with van der Waals surface area (Å²) in [5.74, 6) is 0.0951. The Hall–Kier alpha value is -3.17. The van der Waals surface area contributed by atoms with Gasteiger partial charge in [-0.3, -0.25) is 0 Å². The number of nitrogens with one attached hydrogen (secondary N) is 2. The van der Waals surface area contributed by atoms with E-state index in [2.05, 4.69) is 9.71 Å². The van der Waals surface area contributed by atoms with Gasteiger partial charge in [-0.2, -0.15) is 0 Å². The van der Waals surface area contributed by atoms with E-state index in [0.717, 1.165) is 22.0 Å². The number of aldehydes is 1. The predicted octanol–water partition coefficient (Wildman–Crippen LogP) is 2.58. The Labute approximate surface area is 180 Å². The molecule has 1 heterocycles. The maximum atomic E-state index is 11.8. The summed E-state index contributed by atoms with van der Waals surface area (Å²) in [6, 6.07) is 11.6. The molecule has 0 aliphatic carbocycles. The summed E-state index contributed by atoms with van der Waals surface area (Å²) in [5.41, 5.74) is 2.90. The Balaban J connectivity index is 1.75. The van der Waals surface area contributed by atoms with E-state index in [1.54, 1.807) is 24.4 Å². The third-order valence-electron chi connectivity index (χ3n) is 4.81. The van der Waals surface area contributed by atoms with Gasteiger partial charge in [0.1, 0.15) is 18.6 Å². The molecule has 0 radical (unpaired) electrons. The number of esters is 1. The van der Waals surface area contributed by atoms with Crippen molar-refractivity contribution >= 4 is 33.2 Å². The topological polar surface area (TPSA) is 115 Å². The van der Waals surface area contributed by atoms with Crippen molar-refractivity contribution in [3.63, 3.8) is 0 Å². The van der Waals surface area contributed by atoms with E-state index < -0.39 is 22.0 Å². The highest BCUT2D eigenvalue weighted by atomic mass is 32.2. The first-order valence-electron chi connectivity index (χ1n) is 9.70. The SMILES string of the molecule is CCS(=O)(=O)N[C@@H](C=O)Cc1c[nH]c2ccc(OCc3cccc(C(=O)OC)c3)cc12. The van der Waals surface area contributed by atoms with Crippen LogP contribution in [0, 0.1) is 0 Å². The summed E-state index contributed by atoms with van der Waals surface area (Å²) in [6.45, 7) is 1.77. The van der Waals surface area contributed by atoms with Gasteiger partial charge in [-0.25, -0.2) is 17.9 Å². The first-order chi connectivity index (χ1) is 14.8. The second-order valence-electron chi connectivity index (χ2n) is 6.97. The van der Waals surface area contributed by atoms with Crippen LogP contribution in [0.25, 0.3) is 10.9 Å². The van der Waals surface area contributed by atoms with Crippen LogP contribution in [0.4, 0.5) is 0 Å². The summed E-state index contributed by atoms with van der Waals surface area (Å²) in [5, 5.41) is 0.836. The van der Waals surface area contributed by atoms with Crippen molar-refractivity contribution in [3.8, 4) is 5.75 Å². The Bertz CT molecular complexity index is 1190. The Kier molecular flexibility index (Phi) is 7.09. The molecule has 3 rings (SSSR count). The van der Waals surface area contributed by atoms with Gasteiger partial charge in [0, 0.05) is 17.1 Å². The van der Waals surface area contributed by atoms with Gasteiger partial charge in [0.2, 0.25) is 10.0 Å². The minimum absolute atomic E-state index is 0.0968. The lowest BCUT2D eigenvalue weighted by Gasteiger charge is -2.12. The third kappa shape index (κ3) is 5.71. The van der Waals surface area contributed by atoms with Crippen molar-refractivity contribution in [1.82, 2.24) is 9.71 Å². The molecule has 1 atom stereocenters. The molecular weight excluding hydrogens is 420 g/mol. The highest BCUT2D eigenvalue weighted by Crippen LogP contribution is 2.25. The number of methoxy groups -OCH3 is 1. The van der Waals surface area contributed by atoms with E-state index in [4.69, 9.17) is 9.47 Å². The molecule has 0 saturated heterocycles. The van der Waals surface area contributed by atoms with Gasteiger partial charge in [0.15, 0.2) is 0 Å². The van der Waals surface area contributed by atoms with E-state index in [1.165, 1.54) is 14.0 Å². The van der Waals surface area contributed by atoms with Crippen LogP contribution in [0.1, 0.15) is 28.4 Å². The minimum Gasteiger partial charge on any atom is -0.489 e. The molecule has 0 aliphatic rings. The van der Waals surface area contributed by atoms with Gasteiger partial charge in [-0.1, -0.05) is 12.1 Å². The van der Waals surface area contributed by atoms with Crippen LogP contribution < -0.4 is 9.46 Å². The standard InChI is InChI=1S/C22H24N2O6S/c1-3-31(27,28)24-18(13-25)10-17-12-23-21-8-7-19(11-20(17)21)30-14-15-5-4-6-16(9-15)22(26)29-2/h4-9,11-13,18,23-24H,3,10,14H2,1-2H3/t18-/m1/s1. The molecule has 0 spiro atoms. The van der Waals surface area contributed by atoms with Crippen molar-refractivity contribution in [2.24, 2.45) is 0 Å². The average Bonchev–Trinajstić information content (AvgIpc) is 3.18. The summed E-state index contributed by atoms with van der Waals surface area (Å²) in [4.78, 5) is 26.2. The van der Waals surface area contributed by atoms with E-state index in [1.807, 2.05) is 24.3 Å². The molecule has 0 unspecified atom stereocenters. The molecule has 9 heteroatoms. The lowest BCUT2D eigenvalue weighted by Crippen LogP contribution is -2.38. The zero-order valence-corrected chi connectivity index (χ0v) is 18.1. The highest BCUT2D eigenvalue weighted by molar-refractivity contribution is 7.89. The van der Waals surface area contributed by atoms with Crippen LogP contribution in [-0.4, -0.2) is 44.6 Å². The van der Waals surface area contributed by atoms with Gasteiger partial charge in [0.05, 0.1) is 24.5 Å². The van der Waals surface area contributed by atoms with Crippen LogP contribution in [0.3, 0.4) is 0 Å². The Morgan fingerprint density at radius 1 is 1.23 bits per heavy atom.